The van der Waals surface area contributed by atoms with E-state index in [1.165, 1.54) is 0 Å². The molecule has 0 aliphatic rings. The van der Waals surface area contributed by atoms with E-state index in [0.717, 1.165) is 12.8 Å². The monoisotopic (exact) mass is 145 g/mol. The Morgan fingerprint density at radius 2 is 2.30 bits per heavy atom. The highest BCUT2D eigenvalue weighted by atomic mass is 16.3. The van der Waals surface area contributed by atoms with Crippen molar-refractivity contribution in [1.29, 1.82) is 0 Å². The van der Waals surface area contributed by atoms with Crippen LogP contribution in [0.15, 0.2) is 0 Å². The quantitative estimate of drug-likeness (QED) is 0.597. The number of carbonyl (C=O) groups is 1. The van der Waals surface area contributed by atoms with E-state index in [-0.39, 0.29) is 11.9 Å². The van der Waals surface area contributed by atoms with Crippen LogP contribution in [0.2, 0.25) is 0 Å². The molecule has 0 fully saturated rings. The van der Waals surface area contributed by atoms with Crippen LogP contribution in [0.5, 0.6) is 0 Å². The molecule has 0 saturated heterocycles. The SMILES string of the molecule is CCCC(C)NC(=O)CO. The molecule has 3 heteroatoms. The summed E-state index contributed by atoms with van der Waals surface area (Å²) in [7, 11) is 0. The van der Waals surface area contributed by atoms with Gasteiger partial charge in [-0.3, -0.25) is 4.79 Å². The van der Waals surface area contributed by atoms with Crippen LogP contribution in [0, 0.1) is 0 Å². The molecule has 60 valence electrons. The van der Waals surface area contributed by atoms with Gasteiger partial charge in [-0.05, 0) is 13.3 Å². The van der Waals surface area contributed by atoms with Gasteiger partial charge < -0.3 is 10.4 Å². The summed E-state index contributed by atoms with van der Waals surface area (Å²) < 4.78 is 0. The molecule has 2 N–H and O–H groups in total. The topological polar surface area (TPSA) is 49.3 Å². The maximum absolute atomic E-state index is 10.5. The van der Waals surface area contributed by atoms with Crippen LogP contribution in [0.25, 0.3) is 0 Å². The normalized spacial score (nSPS) is 12.7. The molecule has 0 aliphatic carbocycles. The van der Waals surface area contributed by atoms with Gasteiger partial charge in [0.1, 0.15) is 6.61 Å². The lowest BCUT2D eigenvalue weighted by atomic mass is 10.2. The highest BCUT2D eigenvalue weighted by molar-refractivity contribution is 5.77. The second-order valence-electron chi connectivity index (χ2n) is 2.42. The van der Waals surface area contributed by atoms with E-state index >= 15 is 0 Å². The lowest BCUT2D eigenvalue weighted by Gasteiger charge is -2.10. The van der Waals surface area contributed by atoms with Crippen LogP contribution < -0.4 is 5.32 Å². The Labute approximate surface area is 61.4 Å². The molecular weight excluding hydrogens is 130 g/mol. The third-order valence-electron chi connectivity index (χ3n) is 1.27. The van der Waals surface area contributed by atoms with Crippen LogP contribution in [-0.4, -0.2) is 23.7 Å². The van der Waals surface area contributed by atoms with Gasteiger partial charge in [0, 0.05) is 6.04 Å². The van der Waals surface area contributed by atoms with Crippen LogP contribution in [-0.2, 0) is 4.79 Å². The van der Waals surface area contributed by atoms with E-state index in [1.807, 2.05) is 6.92 Å². The fraction of sp³-hybridized carbons (Fsp3) is 0.857. The van der Waals surface area contributed by atoms with Crippen molar-refractivity contribution in [2.45, 2.75) is 32.7 Å². The van der Waals surface area contributed by atoms with E-state index in [4.69, 9.17) is 5.11 Å². The minimum Gasteiger partial charge on any atom is -0.387 e. The van der Waals surface area contributed by atoms with Crippen LogP contribution in [0.1, 0.15) is 26.7 Å². The molecule has 0 radical (unpaired) electrons. The zero-order valence-electron chi connectivity index (χ0n) is 6.55. The Morgan fingerprint density at radius 1 is 1.70 bits per heavy atom. The fourth-order valence-corrected chi connectivity index (χ4v) is 0.826. The lowest BCUT2D eigenvalue weighted by Crippen LogP contribution is -2.34. The Morgan fingerprint density at radius 3 is 2.70 bits per heavy atom. The maximum atomic E-state index is 10.5. The van der Waals surface area contributed by atoms with Crippen LogP contribution >= 0.6 is 0 Å². The molecule has 10 heavy (non-hydrogen) atoms. The molecule has 1 unspecified atom stereocenters. The van der Waals surface area contributed by atoms with Crippen molar-refractivity contribution in [3.63, 3.8) is 0 Å². The van der Waals surface area contributed by atoms with Crippen LogP contribution in [0.4, 0.5) is 0 Å². The number of hydrogen-bond donors (Lipinski definition) is 2. The molecular formula is C7H15NO2. The van der Waals surface area contributed by atoms with Gasteiger partial charge in [0.2, 0.25) is 5.91 Å². The van der Waals surface area contributed by atoms with Crippen LogP contribution in [0.3, 0.4) is 0 Å². The number of aliphatic hydroxyl groups excluding tert-OH is 1. The first kappa shape index (κ1) is 9.43. The molecule has 0 aromatic rings. The second kappa shape index (κ2) is 5.23. The minimum atomic E-state index is -0.409. The van der Waals surface area contributed by atoms with Gasteiger partial charge >= 0.3 is 0 Å². The zero-order chi connectivity index (χ0) is 7.98. The largest absolute Gasteiger partial charge is 0.387 e. The van der Waals surface area contributed by atoms with Crippen molar-refractivity contribution in [3.8, 4) is 0 Å². The van der Waals surface area contributed by atoms with E-state index in [0.29, 0.717) is 0 Å². The van der Waals surface area contributed by atoms with E-state index < -0.39 is 6.61 Å². The van der Waals surface area contributed by atoms with Gasteiger partial charge in [-0.2, -0.15) is 0 Å². The van der Waals surface area contributed by atoms with Crippen molar-refractivity contribution < 1.29 is 9.90 Å². The summed E-state index contributed by atoms with van der Waals surface area (Å²) in [5.74, 6) is -0.291. The summed E-state index contributed by atoms with van der Waals surface area (Å²) in [6, 6.07) is 0.185. The summed E-state index contributed by atoms with van der Waals surface area (Å²) in [4.78, 5) is 10.5. The number of aliphatic hydroxyl groups is 1. The predicted octanol–water partition coefficient (Wildman–Crippen LogP) is 0.283. The predicted molar refractivity (Wildman–Crippen MR) is 39.6 cm³/mol. The third-order valence-corrected chi connectivity index (χ3v) is 1.27. The Bertz CT molecular complexity index is 104. The molecule has 1 amide bonds. The van der Waals surface area contributed by atoms with E-state index in [2.05, 4.69) is 12.2 Å². The first-order valence-electron chi connectivity index (χ1n) is 3.61. The van der Waals surface area contributed by atoms with Crippen molar-refractivity contribution in [1.82, 2.24) is 5.32 Å². The van der Waals surface area contributed by atoms with Crippen molar-refractivity contribution in [2.75, 3.05) is 6.61 Å². The van der Waals surface area contributed by atoms with Gasteiger partial charge in [-0.25, -0.2) is 0 Å². The Balaban J connectivity index is 3.37. The second-order valence-corrected chi connectivity index (χ2v) is 2.42. The molecule has 0 aromatic heterocycles. The number of amides is 1. The smallest absolute Gasteiger partial charge is 0.245 e. The molecule has 0 saturated carbocycles. The minimum absolute atomic E-state index is 0.185. The van der Waals surface area contributed by atoms with Crippen molar-refractivity contribution in [3.05, 3.63) is 0 Å². The Hall–Kier alpha value is -0.570. The fourth-order valence-electron chi connectivity index (χ4n) is 0.826. The highest BCUT2D eigenvalue weighted by Crippen LogP contribution is 1.93. The molecule has 0 rings (SSSR count). The van der Waals surface area contributed by atoms with E-state index in [9.17, 15) is 4.79 Å². The first-order valence-corrected chi connectivity index (χ1v) is 3.61. The highest BCUT2D eigenvalue weighted by Gasteiger charge is 2.02. The van der Waals surface area contributed by atoms with Gasteiger partial charge in [-0.1, -0.05) is 13.3 Å². The summed E-state index contributed by atoms with van der Waals surface area (Å²) in [6.07, 6.45) is 2.01. The lowest BCUT2D eigenvalue weighted by molar-refractivity contribution is -0.124. The third kappa shape index (κ3) is 4.32. The Kier molecular flexibility index (Phi) is 4.94. The average Bonchev–Trinajstić information content (AvgIpc) is 1.88. The molecule has 3 nitrogen and oxygen atoms in total. The summed E-state index contributed by atoms with van der Waals surface area (Å²) in [5.41, 5.74) is 0. The molecule has 0 bridgehead atoms. The van der Waals surface area contributed by atoms with E-state index in [1.54, 1.807) is 0 Å². The standard InChI is InChI=1S/C7H15NO2/c1-3-4-6(2)8-7(10)5-9/h6,9H,3-5H2,1-2H3,(H,8,10). The van der Waals surface area contributed by atoms with Gasteiger partial charge in [-0.15, -0.1) is 0 Å². The number of rotatable bonds is 4. The maximum Gasteiger partial charge on any atom is 0.245 e. The van der Waals surface area contributed by atoms with Gasteiger partial charge in [0.15, 0.2) is 0 Å². The number of nitrogens with one attached hydrogen (secondary N) is 1. The summed E-state index contributed by atoms with van der Waals surface area (Å²) in [6.45, 7) is 3.58. The van der Waals surface area contributed by atoms with Gasteiger partial charge in [0.05, 0.1) is 0 Å². The number of carbonyl (C=O) groups excluding carboxylic acids is 1. The van der Waals surface area contributed by atoms with Crippen molar-refractivity contribution >= 4 is 5.91 Å². The first-order chi connectivity index (χ1) is 4.70. The molecule has 0 aromatic carbocycles. The molecule has 1 atom stereocenters. The van der Waals surface area contributed by atoms with Gasteiger partial charge in [0.25, 0.3) is 0 Å². The summed E-state index contributed by atoms with van der Waals surface area (Å²) in [5, 5.41) is 11.0. The molecule has 0 heterocycles. The molecule has 0 aliphatic heterocycles. The summed E-state index contributed by atoms with van der Waals surface area (Å²) >= 11 is 0. The van der Waals surface area contributed by atoms with Crippen molar-refractivity contribution in [2.24, 2.45) is 0 Å². The number of hydrogen-bond acceptors (Lipinski definition) is 2. The average molecular weight is 145 g/mol. The molecule has 0 spiro atoms. The zero-order valence-corrected chi connectivity index (χ0v) is 6.55.